The average Bonchev–Trinajstić information content (AvgIpc) is 3.29. The minimum absolute atomic E-state index is 0.144. The van der Waals surface area contributed by atoms with E-state index in [1.54, 1.807) is 11.0 Å². The Balaban J connectivity index is 1.69. The number of H-pyrrole nitrogens is 2. The molecular weight excluding hydrogens is 344 g/mol. The lowest BCUT2D eigenvalue weighted by atomic mass is 10.1. The lowest BCUT2D eigenvalue weighted by Gasteiger charge is -2.24. The Kier molecular flexibility index (Phi) is 4.45. The Labute approximate surface area is 156 Å². The molecule has 2 N–H and O–H groups in total. The van der Waals surface area contributed by atoms with E-state index in [0.717, 1.165) is 43.4 Å². The summed E-state index contributed by atoms with van der Waals surface area (Å²) in [4.78, 5) is 49.9. The maximum Gasteiger partial charge on any atom is 0.261 e. The van der Waals surface area contributed by atoms with Gasteiger partial charge in [0.25, 0.3) is 17.0 Å². The van der Waals surface area contributed by atoms with Crippen LogP contribution in [0, 0.1) is 6.92 Å². The summed E-state index contributed by atoms with van der Waals surface area (Å²) in [5, 5.41) is 0. The minimum atomic E-state index is -0.328. The van der Waals surface area contributed by atoms with E-state index in [1.807, 2.05) is 13.8 Å². The van der Waals surface area contributed by atoms with Crippen molar-refractivity contribution < 1.29 is 4.79 Å². The number of hydrogen-bond acceptors (Lipinski definition) is 4. The molecule has 1 aliphatic heterocycles. The van der Waals surface area contributed by atoms with Crippen LogP contribution < -0.4 is 11.1 Å². The zero-order valence-electron chi connectivity index (χ0n) is 15.7. The monoisotopic (exact) mass is 368 g/mol. The summed E-state index contributed by atoms with van der Waals surface area (Å²) in [5.74, 6) is 0.228. The number of carbonyl (C=O) groups is 1. The zero-order chi connectivity index (χ0) is 19.1. The van der Waals surface area contributed by atoms with Crippen LogP contribution in [-0.4, -0.2) is 32.3 Å². The number of carbonyl (C=O) groups excluding carboxylic acids is 1. The van der Waals surface area contributed by atoms with E-state index in [1.165, 1.54) is 0 Å². The Morgan fingerprint density at radius 2 is 2.04 bits per heavy atom. The Morgan fingerprint density at radius 3 is 2.78 bits per heavy atom. The normalized spacial score (nSPS) is 18.7. The quantitative estimate of drug-likeness (QED) is 0.863. The number of aromatic nitrogens is 3. The van der Waals surface area contributed by atoms with Crippen molar-refractivity contribution in [2.45, 2.75) is 58.4 Å². The second kappa shape index (κ2) is 6.79. The molecule has 2 aromatic heterocycles. The van der Waals surface area contributed by atoms with Crippen molar-refractivity contribution in [3.05, 3.63) is 60.7 Å². The number of rotatable bonds is 3. The Morgan fingerprint density at radius 1 is 1.22 bits per heavy atom. The zero-order valence-corrected chi connectivity index (χ0v) is 15.7. The van der Waals surface area contributed by atoms with Gasteiger partial charge in [0.1, 0.15) is 11.4 Å². The Hall–Kier alpha value is -2.70. The molecule has 0 saturated carbocycles. The van der Waals surface area contributed by atoms with Crippen LogP contribution in [0.4, 0.5) is 0 Å². The highest BCUT2D eigenvalue weighted by Gasteiger charge is 2.34. The Bertz CT molecular complexity index is 1020. The third kappa shape index (κ3) is 3.01. The van der Waals surface area contributed by atoms with Gasteiger partial charge < -0.3 is 14.9 Å². The molecule has 3 heterocycles. The molecule has 0 spiro atoms. The van der Waals surface area contributed by atoms with Crippen molar-refractivity contribution in [1.82, 2.24) is 19.9 Å². The second-order valence-electron chi connectivity index (χ2n) is 7.39. The van der Waals surface area contributed by atoms with E-state index in [2.05, 4.69) is 15.0 Å². The van der Waals surface area contributed by atoms with Crippen LogP contribution in [0.2, 0.25) is 0 Å². The first-order chi connectivity index (χ1) is 13.0. The van der Waals surface area contributed by atoms with Crippen molar-refractivity contribution in [2.75, 3.05) is 6.54 Å². The lowest BCUT2D eigenvalue weighted by Crippen LogP contribution is -2.36. The molecule has 0 bridgehead atoms. The van der Waals surface area contributed by atoms with Gasteiger partial charge in [-0.15, -0.1) is 0 Å². The van der Waals surface area contributed by atoms with Crippen LogP contribution in [-0.2, 0) is 19.3 Å². The van der Waals surface area contributed by atoms with Gasteiger partial charge in [-0.3, -0.25) is 14.4 Å². The fraction of sp³-hybridized carbons (Fsp3) is 0.500. The van der Waals surface area contributed by atoms with Gasteiger partial charge in [0.05, 0.1) is 6.04 Å². The molecule has 27 heavy (non-hydrogen) atoms. The highest BCUT2D eigenvalue weighted by Crippen LogP contribution is 2.31. The van der Waals surface area contributed by atoms with Gasteiger partial charge in [-0.2, -0.15) is 0 Å². The summed E-state index contributed by atoms with van der Waals surface area (Å²) < 4.78 is 0. The van der Waals surface area contributed by atoms with Crippen LogP contribution in [0.1, 0.15) is 70.9 Å². The van der Waals surface area contributed by atoms with Crippen molar-refractivity contribution in [1.29, 1.82) is 0 Å². The predicted octanol–water partition coefficient (Wildman–Crippen LogP) is 1.80. The van der Waals surface area contributed by atoms with E-state index in [4.69, 9.17) is 0 Å². The summed E-state index contributed by atoms with van der Waals surface area (Å²) in [6.45, 7) is 4.30. The van der Waals surface area contributed by atoms with E-state index in [0.29, 0.717) is 30.0 Å². The van der Waals surface area contributed by atoms with E-state index in [9.17, 15) is 14.4 Å². The van der Waals surface area contributed by atoms with Crippen LogP contribution >= 0.6 is 0 Å². The minimum Gasteiger partial charge on any atom is -0.328 e. The average molecular weight is 368 g/mol. The van der Waals surface area contributed by atoms with E-state index >= 15 is 0 Å². The fourth-order valence-electron chi connectivity index (χ4n) is 4.33. The number of hydrogen-bond donors (Lipinski definition) is 2. The third-order valence-electron chi connectivity index (χ3n) is 5.74. The van der Waals surface area contributed by atoms with Crippen LogP contribution in [0.3, 0.4) is 0 Å². The van der Waals surface area contributed by atoms with Crippen LogP contribution in [0.5, 0.6) is 0 Å². The van der Waals surface area contributed by atoms with Gasteiger partial charge in [0, 0.05) is 23.5 Å². The summed E-state index contributed by atoms with van der Waals surface area (Å²) in [6, 6.07) is 1.45. The van der Waals surface area contributed by atoms with E-state index < -0.39 is 0 Å². The molecule has 7 heteroatoms. The first-order valence-electron chi connectivity index (χ1n) is 9.65. The predicted molar refractivity (Wildman–Crippen MR) is 101 cm³/mol. The number of aryl methyl sites for hydroxylation is 3. The van der Waals surface area contributed by atoms with Crippen molar-refractivity contribution >= 4 is 5.91 Å². The van der Waals surface area contributed by atoms with Gasteiger partial charge in [-0.05, 0) is 57.1 Å². The summed E-state index contributed by atoms with van der Waals surface area (Å²) in [5.41, 5.74) is 3.09. The summed E-state index contributed by atoms with van der Waals surface area (Å²) in [6.07, 6.45) is 4.91. The van der Waals surface area contributed by atoms with Crippen molar-refractivity contribution in [2.24, 2.45) is 0 Å². The maximum atomic E-state index is 13.1. The molecule has 2 aromatic rings. The number of likely N-dealkylation sites (tertiary alicyclic amines) is 1. The van der Waals surface area contributed by atoms with Crippen molar-refractivity contribution in [3.63, 3.8) is 0 Å². The number of aromatic amines is 2. The smallest absolute Gasteiger partial charge is 0.261 e. The van der Waals surface area contributed by atoms with Crippen molar-refractivity contribution in [3.8, 4) is 0 Å². The summed E-state index contributed by atoms with van der Waals surface area (Å²) in [7, 11) is 0. The number of nitrogens with zero attached hydrogens (tertiary/aromatic N) is 2. The highest BCUT2D eigenvalue weighted by atomic mass is 16.2. The number of nitrogens with one attached hydrogen (secondary N) is 2. The van der Waals surface area contributed by atoms with E-state index in [-0.39, 0.29) is 28.6 Å². The molecule has 1 saturated heterocycles. The molecule has 1 atom stereocenters. The van der Waals surface area contributed by atoms with Gasteiger partial charge in [0.15, 0.2) is 0 Å². The van der Waals surface area contributed by atoms with Gasteiger partial charge in [-0.1, -0.05) is 6.92 Å². The molecule has 1 aliphatic carbocycles. The lowest BCUT2D eigenvalue weighted by molar-refractivity contribution is 0.0727. The van der Waals surface area contributed by atoms with Gasteiger partial charge >= 0.3 is 0 Å². The first-order valence-corrected chi connectivity index (χ1v) is 9.65. The fourth-order valence-corrected chi connectivity index (χ4v) is 4.33. The third-order valence-corrected chi connectivity index (χ3v) is 5.74. The highest BCUT2D eigenvalue weighted by molar-refractivity contribution is 5.94. The largest absolute Gasteiger partial charge is 0.328 e. The molecule has 4 rings (SSSR count). The molecule has 7 nitrogen and oxygen atoms in total. The number of fused-ring (bicyclic) bond motifs is 1. The maximum absolute atomic E-state index is 13.1. The van der Waals surface area contributed by atoms with Gasteiger partial charge in [-0.25, -0.2) is 4.98 Å². The first kappa shape index (κ1) is 17.7. The number of pyridine rings is 1. The second-order valence-corrected chi connectivity index (χ2v) is 7.39. The molecule has 1 fully saturated rings. The molecule has 0 aromatic carbocycles. The summed E-state index contributed by atoms with van der Waals surface area (Å²) >= 11 is 0. The molecule has 142 valence electrons. The molecule has 1 amide bonds. The van der Waals surface area contributed by atoms with Crippen LogP contribution in [0.15, 0.2) is 15.7 Å². The molecule has 1 unspecified atom stereocenters. The molecular formula is C20H24N4O3. The topological polar surface area (TPSA) is 98.9 Å². The SMILES string of the molecule is CCc1c(C)nc(C2CCCN2C(=O)c2cc3c([nH]c2=O)CCC3)[nH]c1=O. The number of amides is 1. The molecule has 2 aliphatic rings. The van der Waals surface area contributed by atoms with Crippen LogP contribution in [0.25, 0.3) is 0 Å². The van der Waals surface area contributed by atoms with Gasteiger partial charge in [0.2, 0.25) is 0 Å². The standard InChI is InChI=1S/C20H24N4O3/c1-3-13-11(2)21-17(23-18(13)25)16-8-5-9-24(16)20(27)14-10-12-6-4-7-15(12)22-19(14)26/h10,16H,3-9H2,1-2H3,(H,22,26)(H,21,23,25). The molecule has 0 radical (unpaired) electrons.